The Morgan fingerprint density at radius 3 is 1.16 bits per heavy atom. The minimum absolute atomic E-state index is 0.218. The monoisotopic (exact) mass is 1260 g/mol. The number of carbonyl (C=O) groups excluding carboxylic acids is 1. The van der Waals surface area contributed by atoms with Crippen LogP contribution < -0.4 is 10.6 Å². The molecule has 530 valence electrons. The number of carbonyl (C=O) groups is 1. The maximum atomic E-state index is 13.3. The number of hydrogen-bond acceptors (Lipinski definition) is 5. The van der Waals surface area contributed by atoms with E-state index in [0.717, 1.165) is 61.2 Å². The first-order chi connectivity index (χ1) is 44.2. The van der Waals surface area contributed by atoms with E-state index in [1.165, 1.54) is 399 Å². The van der Waals surface area contributed by atoms with Crippen LogP contribution in [0.25, 0.3) is 0 Å². The summed E-state index contributed by atoms with van der Waals surface area (Å²) in [5, 5.41) is 6.92. The summed E-state index contributed by atoms with van der Waals surface area (Å²) in [6.45, 7) is 32.0. The second-order valence-electron chi connectivity index (χ2n) is 32.1. The molecule has 4 saturated carbocycles. The Hall–Kier alpha value is -1.11. The van der Waals surface area contributed by atoms with Crippen molar-refractivity contribution in [1.82, 2.24) is 25.3 Å². The Morgan fingerprint density at radius 1 is 0.367 bits per heavy atom. The van der Waals surface area contributed by atoms with Gasteiger partial charge in [-0.15, -0.1) is 0 Å². The van der Waals surface area contributed by atoms with E-state index in [4.69, 9.17) is 0 Å². The fourth-order valence-electron chi connectivity index (χ4n) is 18.8. The maximum absolute atomic E-state index is 13.3. The first-order valence-electron chi connectivity index (χ1n) is 42.0. The van der Waals surface area contributed by atoms with Gasteiger partial charge in [0.1, 0.15) is 0 Å². The molecule has 0 saturated heterocycles. The minimum Gasteiger partial charge on any atom is -0.387 e. The molecule has 1 amide bonds. The van der Waals surface area contributed by atoms with Crippen LogP contribution in [0.1, 0.15) is 408 Å². The Balaban J connectivity index is 1.21. The van der Waals surface area contributed by atoms with Gasteiger partial charge in [0.25, 0.3) is 0 Å². The highest BCUT2D eigenvalue weighted by molar-refractivity contribution is 5.76. The van der Waals surface area contributed by atoms with Gasteiger partial charge in [-0.3, -0.25) is 4.79 Å². The molecule has 0 radical (unpaired) electrons. The summed E-state index contributed by atoms with van der Waals surface area (Å²) >= 11 is 0. The normalized spacial score (nSPS) is 22.4. The standard InChI is InChI=1S/C84H163N5O/c1-8-12-16-20-24-28-32-36-40-46-66-87(72-53-65-85-76(5)75-86-82(90)57-52-56-78-59-61-80-79-60-58-77-55-44-45-63-83(77,6)81(79)62-64-84(78,80)7)70-50-51-71-89(69-49-43-39-35-31-27-23-19-15-11-4)74-54-73-88(67-47-41-37-33-29-25-21-17-13-9-2)68-48-42-38-34-30-26-22-18-14-10-3/h77-81,85H,5,8-75H2,1-4,6-7H3,(H,86,90). The summed E-state index contributed by atoms with van der Waals surface area (Å²) in [5.74, 6) is 4.91. The van der Waals surface area contributed by atoms with Gasteiger partial charge in [0.2, 0.25) is 5.91 Å². The zero-order chi connectivity index (χ0) is 64.3. The summed E-state index contributed by atoms with van der Waals surface area (Å²) < 4.78 is 0. The molecule has 0 bridgehead atoms. The van der Waals surface area contributed by atoms with Crippen molar-refractivity contribution < 1.29 is 4.79 Å². The van der Waals surface area contributed by atoms with Gasteiger partial charge >= 0.3 is 0 Å². The molecule has 0 aliphatic heterocycles. The van der Waals surface area contributed by atoms with E-state index in [0.29, 0.717) is 23.8 Å². The zero-order valence-electron chi connectivity index (χ0n) is 62.4. The lowest BCUT2D eigenvalue weighted by Crippen LogP contribution is -2.52. The van der Waals surface area contributed by atoms with Gasteiger partial charge in [0.15, 0.2) is 0 Å². The third kappa shape index (κ3) is 35.8. The third-order valence-electron chi connectivity index (χ3n) is 24.7. The Labute approximate surface area is 565 Å². The SMILES string of the molecule is C=C(CNC(=O)CCCC1CCC2C3CCC4CCCCC4(C)C3CCC12C)NCCCN(CCCCCCCCCCCC)CCCCN(CCCCCCCCCCCC)CCCN(CCCCCCCCCCCC)CCCCCCCCCCCC. The highest BCUT2D eigenvalue weighted by Crippen LogP contribution is 2.68. The highest BCUT2D eigenvalue weighted by atomic mass is 16.1. The fraction of sp³-hybridized carbons (Fsp3) is 0.964. The summed E-state index contributed by atoms with van der Waals surface area (Å²) in [6.07, 6.45) is 79.6. The van der Waals surface area contributed by atoms with E-state index in [9.17, 15) is 4.79 Å². The van der Waals surface area contributed by atoms with Crippen molar-refractivity contribution in [2.45, 2.75) is 408 Å². The number of hydrogen-bond donors (Lipinski definition) is 2. The van der Waals surface area contributed by atoms with Gasteiger partial charge in [0.05, 0.1) is 6.54 Å². The maximum Gasteiger partial charge on any atom is 0.220 e. The summed E-state index contributed by atoms with van der Waals surface area (Å²) in [4.78, 5) is 21.9. The fourth-order valence-corrected chi connectivity index (χ4v) is 18.8. The molecule has 0 spiro atoms. The van der Waals surface area contributed by atoms with E-state index in [2.05, 4.69) is 73.5 Å². The molecule has 90 heavy (non-hydrogen) atoms. The summed E-state index contributed by atoms with van der Waals surface area (Å²) in [6, 6.07) is 0. The van der Waals surface area contributed by atoms with Gasteiger partial charge in [0, 0.05) is 18.7 Å². The van der Waals surface area contributed by atoms with Gasteiger partial charge in [-0.05, 0) is 215 Å². The molecule has 6 heteroatoms. The van der Waals surface area contributed by atoms with Crippen molar-refractivity contribution >= 4 is 5.91 Å². The molecule has 6 nitrogen and oxygen atoms in total. The minimum atomic E-state index is 0.218. The van der Waals surface area contributed by atoms with Gasteiger partial charge in [-0.1, -0.05) is 292 Å². The molecule has 7 atom stereocenters. The Morgan fingerprint density at radius 2 is 0.733 bits per heavy atom. The van der Waals surface area contributed by atoms with Gasteiger partial charge in [-0.2, -0.15) is 0 Å². The van der Waals surface area contributed by atoms with Crippen LogP contribution in [0.5, 0.6) is 0 Å². The van der Waals surface area contributed by atoms with Crippen LogP contribution in [0.2, 0.25) is 0 Å². The van der Waals surface area contributed by atoms with Crippen LogP contribution in [0.4, 0.5) is 0 Å². The molecule has 4 aliphatic carbocycles. The molecule has 0 heterocycles. The predicted octanol–water partition coefficient (Wildman–Crippen LogP) is 24.6. The van der Waals surface area contributed by atoms with Crippen LogP contribution >= 0.6 is 0 Å². The highest BCUT2D eigenvalue weighted by Gasteiger charge is 2.59. The lowest BCUT2D eigenvalue weighted by molar-refractivity contribution is -0.121. The van der Waals surface area contributed by atoms with Gasteiger partial charge < -0.3 is 25.3 Å². The van der Waals surface area contributed by atoms with E-state index in [-0.39, 0.29) is 5.91 Å². The third-order valence-corrected chi connectivity index (χ3v) is 24.7. The molecule has 4 rings (SSSR count). The van der Waals surface area contributed by atoms with Gasteiger partial charge in [-0.25, -0.2) is 0 Å². The van der Waals surface area contributed by atoms with Crippen molar-refractivity contribution in [2.75, 3.05) is 72.0 Å². The van der Waals surface area contributed by atoms with E-state index in [1.54, 1.807) is 0 Å². The first-order valence-corrected chi connectivity index (χ1v) is 42.0. The van der Waals surface area contributed by atoms with Crippen molar-refractivity contribution in [1.29, 1.82) is 0 Å². The van der Waals surface area contributed by atoms with Crippen LogP contribution in [-0.4, -0.2) is 92.6 Å². The number of fused-ring (bicyclic) bond motifs is 5. The van der Waals surface area contributed by atoms with Crippen LogP contribution in [0, 0.1) is 40.4 Å². The lowest BCUT2D eigenvalue weighted by atomic mass is 9.45. The average molecular weight is 1260 g/mol. The molecule has 4 aliphatic rings. The molecule has 7 unspecified atom stereocenters. The average Bonchev–Trinajstić information content (AvgIpc) is 1.34. The number of unbranched alkanes of at least 4 members (excludes halogenated alkanes) is 37. The summed E-state index contributed by atoms with van der Waals surface area (Å²) in [5.41, 5.74) is 2.10. The first kappa shape index (κ1) is 81.3. The van der Waals surface area contributed by atoms with Crippen LogP contribution in [0.3, 0.4) is 0 Å². The lowest BCUT2D eigenvalue weighted by Gasteiger charge is -2.60. The van der Waals surface area contributed by atoms with Crippen LogP contribution in [0.15, 0.2) is 12.3 Å². The van der Waals surface area contributed by atoms with Crippen molar-refractivity contribution in [2.24, 2.45) is 40.4 Å². The number of nitrogens with zero attached hydrogens (tertiary/aromatic N) is 3. The van der Waals surface area contributed by atoms with Crippen molar-refractivity contribution in [3.05, 3.63) is 12.3 Å². The largest absolute Gasteiger partial charge is 0.387 e. The molecular formula is C84H163N5O. The second kappa shape index (κ2) is 54.0. The topological polar surface area (TPSA) is 50.9 Å². The number of rotatable bonds is 64. The molecular weight excluding hydrogens is 1090 g/mol. The zero-order valence-corrected chi connectivity index (χ0v) is 62.4. The second-order valence-corrected chi connectivity index (χ2v) is 32.1. The summed E-state index contributed by atoms with van der Waals surface area (Å²) in [7, 11) is 0. The van der Waals surface area contributed by atoms with E-state index in [1.807, 2.05) is 0 Å². The van der Waals surface area contributed by atoms with Crippen LogP contribution in [-0.2, 0) is 4.79 Å². The Bertz CT molecular complexity index is 1630. The Kier molecular flexibility index (Phi) is 48.8. The van der Waals surface area contributed by atoms with E-state index >= 15 is 0 Å². The molecule has 0 aromatic heterocycles. The molecule has 4 fully saturated rings. The number of amides is 1. The molecule has 0 aromatic carbocycles. The smallest absolute Gasteiger partial charge is 0.220 e. The molecule has 0 aromatic rings. The van der Waals surface area contributed by atoms with Crippen molar-refractivity contribution in [3.63, 3.8) is 0 Å². The quantitative estimate of drug-likeness (QED) is 0.0595. The molecule has 2 N–H and O–H groups in total. The predicted molar refractivity (Wildman–Crippen MR) is 399 cm³/mol. The van der Waals surface area contributed by atoms with E-state index < -0.39 is 0 Å². The van der Waals surface area contributed by atoms with Crippen molar-refractivity contribution in [3.8, 4) is 0 Å². The number of nitrogens with one attached hydrogen (secondary N) is 2.